The largest absolute Gasteiger partial charge is 0.477 e. The molecule has 1 aliphatic carbocycles. The summed E-state index contributed by atoms with van der Waals surface area (Å²) in [6.45, 7) is 4.41. The van der Waals surface area contributed by atoms with Gasteiger partial charge in [-0.25, -0.2) is 14.8 Å². The van der Waals surface area contributed by atoms with E-state index in [9.17, 15) is 9.90 Å². The summed E-state index contributed by atoms with van der Waals surface area (Å²) in [5.41, 5.74) is 4.99. The fourth-order valence-corrected chi connectivity index (χ4v) is 5.75. The number of aromatic carboxylic acids is 1. The Morgan fingerprint density at radius 3 is 2.54 bits per heavy atom. The van der Waals surface area contributed by atoms with Crippen molar-refractivity contribution < 1.29 is 19.2 Å². The first kappa shape index (κ1) is 22.2. The van der Waals surface area contributed by atoms with Gasteiger partial charge in [0.25, 0.3) is 0 Å². The molecule has 3 aliphatic rings. The predicted octanol–water partition coefficient (Wildman–Crippen LogP) is 5.04. The van der Waals surface area contributed by atoms with E-state index in [1.807, 2.05) is 19.1 Å². The molecule has 0 radical (unpaired) electrons. The van der Waals surface area contributed by atoms with Crippen LogP contribution in [0.4, 0.5) is 5.95 Å². The molecule has 2 saturated heterocycles. The Balaban J connectivity index is 1.20. The number of anilines is 1. The number of carboxylic acid groups (broad SMARTS) is 1. The van der Waals surface area contributed by atoms with Gasteiger partial charge < -0.3 is 19.3 Å². The van der Waals surface area contributed by atoms with E-state index < -0.39 is 5.97 Å². The van der Waals surface area contributed by atoms with E-state index >= 15 is 0 Å². The predicted molar refractivity (Wildman–Crippen MR) is 129 cm³/mol. The zero-order chi connectivity index (χ0) is 24.1. The van der Waals surface area contributed by atoms with Gasteiger partial charge in [-0.15, -0.1) is 0 Å². The monoisotopic (exact) mass is 474 g/mol. The van der Waals surface area contributed by atoms with Gasteiger partial charge in [-0.1, -0.05) is 29.4 Å². The summed E-state index contributed by atoms with van der Waals surface area (Å²) in [6.07, 6.45) is 6.25. The van der Waals surface area contributed by atoms with Gasteiger partial charge in [-0.2, -0.15) is 0 Å². The number of fused-ring (bicyclic) bond motifs is 2. The number of hydrogen-bond acceptors (Lipinski definition) is 7. The quantitative estimate of drug-likeness (QED) is 0.508. The third-order valence-corrected chi connectivity index (χ3v) is 7.61. The molecule has 3 atom stereocenters. The zero-order valence-electron chi connectivity index (χ0n) is 20.1. The van der Waals surface area contributed by atoms with Gasteiger partial charge in [0.15, 0.2) is 5.69 Å². The average molecular weight is 475 g/mol. The average Bonchev–Trinajstić information content (AvgIpc) is 3.54. The van der Waals surface area contributed by atoms with Gasteiger partial charge in [-0.3, -0.25) is 0 Å². The fourth-order valence-electron chi connectivity index (χ4n) is 5.75. The van der Waals surface area contributed by atoms with E-state index in [0.717, 1.165) is 61.1 Å². The first-order valence-electron chi connectivity index (χ1n) is 12.5. The molecule has 1 aromatic carbocycles. The van der Waals surface area contributed by atoms with Crippen LogP contribution in [0.3, 0.4) is 0 Å². The van der Waals surface area contributed by atoms with Crippen molar-refractivity contribution in [3.8, 4) is 11.3 Å². The number of benzene rings is 1. The first-order chi connectivity index (χ1) is 17.0. The Hall–Kier alpha value is -3.26. The molecule has 8 heteroatoms. The summed E-state index contributed by atoms with van der Waals surface area (Å²) in [6, 6.07) is 10.3. The van der Waals surface area contributed by atoms with Gasteiger partial charge in [0.1, 0.15) is 11.5 Å². The van der Waals surface area contributed by atoms with Gasteiger partial charge in [-0.05, 0) is 64.0 Å². The number of aromatic nitrogens is 3. The van der Waals surface area contributed by atoms with E-state index in [2.05, 4.69) is 39.1 Å². The van der Waals surface area contributed by atoms with Crippen LogP contribution in [0.2, 0.25) is 0 Å². The number of ether oxygens (including phenoxy) is 1. The van der Waals surface area contributed by atoms with Crippen LogP contribution in [0, 0.1) is 13.8 Å². The summed E-state index contributed by atoms with van der Waals surface area (Å²) in [5.74, 6) is 0.953. The van der Waals surface area contributed by atoms with Gasteiger partial charge in [0, 0.05) is 34.8 Å². The molecule has 1 saturated carbocycles. The number of aryl methyl sites for hydroxylation is 2. The van der Waals surface area contributed by atoms with E-state index in [0.29, 0.717) is 24.2 Å². The van der Waals surface area contributed by atoms with Crippen LogP contribution in [-0.4, -0.2) is 44.4 Å². The minimum Gasteiger partial charge on any atom is -0.477 e. The summed E-state index contributed by atoms with van der Waals surface area (Å²) < 4.78 is 12.4. The normalized spacial score (nSPS) is 23.6. The minimum atomic E-state index is -1.02. The summed E-state index contributed by atoms with van der Waals surface area (Å²) in [7, 11) is 0. The van der Waals surface area contributed by atoms with Crippen LogP contribution in [0.5, 0.6) is 0 Å². The number of carboxylic acids is 1. The number of nitrogens with zero attached hydrogens (tertiary/aromatic N) is 4. The summed E-state index contributed by atoms with van der Waals surface area (Å²) >= 11 is 0. The molecule has 35 heavy (non-hydrogen) atoms. The smallest absolute Gasteiger partial charge is 0.354 e. The van der Waals surface area contributed by atoms with Crippen LogP contribution in [-0.2, 0) is 11.3 Å². The Morgan fingerprint density at radius 1 is 1.11 bits per heavy atom. The Labute approximate surface area is 204 Å². The van der Waals surface area contributed by atoms with Crippen LogP contribution in [0.15, 0.2) is 34.9 Å². The SMILES string of the molecule is Cc1cc(C(=O)O)nc(N2[C@@H]3CC[C@H]2C[C@H](OCc2c(-c4ccccc4C)noc2C2CC2)C3)n1. The first-order valence-corrected chi connectivity index (χ1v) is 12.5. The van der Waals surface area contributed by atoms with Crippen LogP contribution in [0.1, 0.15) is 77.5 Å². The molecule has 1 N–H and O–H groups in total. The molecule has 6 rings (SSSR count). The summed E-state index contributed by atoms with van der Waals surface area (Å²) in [5, 5.41) is 13.9. The van der Waals surface area contributed by atoms with Crippen molar-refractivity contribution in [2.45, 2.75) is 83.1 Å². The lowest BCUT2D eigenvalue weighted by Crippen LogP contribution is -2.46. The molecular formula is C27H30N4O4. The highest BCUT2D eigenvalue weighted by molar-refractivity contribution is 5.85. The molecule has 2 aliphatic heterocycles. The van der Waals surface area contributed by atoms with Crippen LogP contribution >= 0.6 is 0 Å². The van der Waals surface area contributed by atoms with E-state index in [1.165, 1.54) is 11.6 Å². The fraction of sp³-hybridized carbons (Fsp3) is 0.481. The molecule has 4 heterocycles. The second-order valence-electron chi connectivity index (χ2n) is 10.2. The third-order valence-electron chi connectivity index (χ3n) is 7.61. The maximum Gasteiger partial charge on any atom is 0.354 e. The maximum atomic E-state index is 11.5. The molecule has 8 nitrogen and oxygen atoms in total. The number of piperidine rings is 1. The van der Waals surface area contributed by atoms with E-state index in [1.54, 1.807) is 0 Å². The van der Waals surface area contributed by atoms with Crippen molar-refractivity contribution >= 4 is 11.9 Å². The molecule has 0 unspecified atom stereocenters. The third kappa shape index (κ3) is 4.20. The van der Waals surface area contributed by atoms with Crippen molar-refractivity contribution in [2.24, 2.45) is 0 Å². The van der Waals surface area contributed by atoms with Gasteiger partial charge in [0.05, 0.1) is 12.7 Å². The Morgan fingerprint density at radius 2 is 1.86 bits per heavy atom. The van der Waals surface area contributed by atoms with Crippen molar-refractivity contribution in [3.05, 3.63) is 58.6 Å². The second-order valence-corrected chi connectivity index (χ2v) is 10.2. The lowest BCUT2D eigenvalue weighted by Gasteiger charge is -2.39. The van der Waals surface area contributed by atoms with Gasteiger partial charge >= 0.3 is 5.97 Å². The Bertz CT molecular complexity index is 1250. The molecule has 0 spiro atoms. The van der Waals surface area contributed by atoms with Crippen molar-refractivity contribution in [1.82, 2.24) is 15.1 Å². The molecule has 3 fully saturated rings. The van der Waals surface area contributed by atoms with Crippen molar-refractivity contribution in [1.29, 1.82) is 0 Å². The minimum absolute atomic E-state index is 0.0501. The highest BCUT2D eigenvalue weighted by Gasteiger charge is 2.43. The van der Waals surface area contributed by atoms with E-state index in [4.69, 9.17) is 9.26 Å². The molecular weight excluding hydrogens is 444 g/mol. The Kier molecular flexibility index (Phi) is 5.56. The van der Waals surface area contributed by atoms with Gasteiger partial charge in [0.2, 0.25) is 5.95 Å². The van der Waals surface area contributed by atoms with Crippen LogP contribution < -0.4 is 4.90 Å². The lowest BCUT2D eigenvalue weighted by atomic mass is 9.99. The standard InChI is InChI=1S/C27H30N4O4/c1-15-5-3-4-6-21(15)24-22(25(35-30-24)17-7-8-17)14-34-20-12-18-9-10-19(13-20)31(18)27-28-16(2)11-23(29-27)26(32)33/h3-6,11,17-20H,7-10,12-14H2,1-2H3,(H,32,33)/t18-,19+,20-. The number of rotatable bonds is 7. The molecule has 2 aromatic heterocycles. The van der Waals surface area contributed by atoms with E-state index in [-0.39, 0.29) is 23.9 Å². The van der Waals surface area contributed by atoms with Crippen molar-refractivity contribution in [2.75, 3.05) is 4.90 Å². The zero-order valence-corrected chi connectivity index (χ0v) is 20.1. The van der Waals surface area contributed by atoms with Crippen molar-refractivity contribution in [3.63, 3.8) is 0 Å². The topological polar surface area (TPSA) is 102 Å². The molecule has 182 valence electrons. The number of hydrogen-bond donors (Lipinski definition) is 1. The maximum absolute atomic E-state index is 11.5. The molecule has 0 amide bonds. The highest BCUT2D eigenvalue weighted by Crippen LogP contribution is 2.45. The lowest BCUT2D eigenvalue weighted by molar-refractivity contribution is 0.0144. The molecule has 3 aromatic rings. The highest BCUT2D eigenvalue weighted by atomic mass is 16.5. The van der Waals surface area contributed by atoms with Crippen LogP contribution in [0.25, 0.3) is 11.3 Å². The molecule has 2 bridgehead atoms. The summed E-state index contributed by atoms with van der Waals surface area (Å²) in [4.78, 5) is 22.7. The number of carbonyl (C=O) groups is 1. The second kappa shape index (κ2) is 8.75.